The van der Waals surface area contributed by atoms with Gasteiger partial charge >= 0.3 is 0 Å². The molecule has 0 unspecified atom stereocenters. The highest BCUT2D eigenvalue weighted by Crippen LogP contribution is 2.21. The molecule has 0 heterocycles. The van der Waals surface area contributed by atoms with Gasteiger partial charge in [0, 0.05) is 13.6 Å². The third-order valence-electron chi connectivity index (χ3n) is 4.27. The van der Waals surface area contributed by atoms with Crippen LogP contribution in [0.5, 0.6) is 0 Å². The van der Waals surface area contributed by atoms with Crippen molar-refractivity contribution >= 4 is 15.9 Å². The summed E-state index contributed by atoms with van der Waals surface area (Å²) in [4.78, 5) is 12.7. The second-order valence-corrected chi connectivity index (χ2v) is 8.52. The van der Waals surface area contributed by atoms with Crippen LogP contribution in [0.2, 0.25) is 0 Å². The van der Waals surface area contributed by atoms with E-state index in [1.54, 1.807) is 24.3 Å². The zero-order valence-electron chi connectivity index (χ0n) is 15.5. The molecule has 0 spiro atoms. The van der Waals surface area contributed by atoms with E-state index in [-0.39, 0.29) is 5.91 Å². The summed E-state index contributed by atoms with van der Waals surface area (Å²) in [5, 5.41) is 2.87. The molecule has 6 heteroatoms. The summed E-state index contributed by atoms with van der Waals surface area (Å²) in [6.45, 7) is 2.55. The van der Waals surface area contributed by atoms with E-state index in [0.29, 0.717) is 12.1 Å². The Balaban J connectivity index is 2.00. The van der Waals surface area contributed by atoms with Gasteiger partial charge in [-0.25, -0.2) is 8.42 Å². The smallest absolute Gasteiger partial charge is 0.242 e. The van der Waals surface area contributed by atoms with Crippen LogP contribution < -0.4 is 5.32 Å². The number of rotatable bonds is 8. The van der Waals surface area contributed by atoms with Crippen LogP contribution in [0.4, 0.5) is 0 Å². The first-order chi connectivity index (χ1) is 12.3. The van der Waals surface area contributed by atoms with E-state index in [9.17, 15) is 13.2 Å². The second kappa shape index (κ2) is 8.96. The van der Waals surface area contributed by atoms with Gasteiger partial charge in [-0.2, -0.15) is 4.31 Å². The Kier molecular flexibility index (Phi) is 6.94. The summed E-state index contributed by atoms with van der Waals surface area (Å²) in [5.41, 5.74) is 3.09. The molecule has 0 saturated heterocycles. The van der Waals surface area contributed by atoms with Crippen molar-refractivity contribution in [1.29, 1.82) is 0 Å². The van der Waals surface area contributed by atoms with Crippen molar-refractivity contribution < 1.29 is 13.2 Å². The lowest BCUT2D eigenvalue weighted by atomic mass is 10.1. The van der Waals surface area contributed by atoms with E-state index in [4.69, 9.17) is 0 Å². The highest BCUT2D eigenvalue weighted by molar-refractivity contribution is 7.88. The molecule has 1 atom stereocenters. The van der Waals surface area contributed by atoms with Crippen molar-refractivity contribution in [3.8, 4) is 0 Å². The minimum Gasteiger partial charge on any atom is -0.354 e. The molecule has 0 aliphatic carbocycles. The molecule has 0 aromatic heterocycles. The Hall–Kier alpha value is -2.18. The molecule has 0 radical (unpaired) electrons. The van der Waals surface area contributed by atoms with Crippen molar-refractivity contribution in [3.05, 3.63) is 71.3 Å². The lowest BCUT2D eigenvalue weighted by Crippen LogP contribution is -2.41. The molecule has 2 rings (SSSR count). The van der Waals surface area contributed by atoms with E-state index in [0.717, 1.165) is 23.4 Å². The average molecular weight is 375 g/mol. The fourth-order valence-corrected chi connectivity index (χ4v) is 3.42. The first-order valence-electron chi connectivity index (χ1n) is 8.60. The lowest BCUT2D eigenvalue weighted by molar-refractivity contribution is -0.124. The van der Waals surface area contributed by atoms with Crippen LogP contribution in [-0.2, 0) is 21.2 Å². The van der Waals surface area contributed by atoms with Crippen LogP contribution >= 0.6 is 0 Å². The predicted octanol–water partition coefficient (Wildman–Crippen LogP) is 2.68. The molecule has 2 aromatic carbocycles. The number of amides is 1. The van der Waals surface area contributed by atoms with Crippen molar-refractivity contribution in [2.45, 2.75) is 25.8 Å². The molecule has 26 heavy (non-hydrogen) atoms. The van der Waals surface area contributed by atoms with Gasteiger partial charge in [-0.3, -0.25) is 4.79 Å². The number of hydrogen-bond acceptors (Lipinski definition) is 3. The van der Waals surface area contributed by atoms with Crippen molar-refractivity contribution in [1.82, 2.24) is 9.62 Å². The van der Waals surface area contributed by atoms with E-state index in [1.807, 2.05) is 12.1 Å². The predicted molar refractivity (Wildman–Crippen MR) is 104 cm³/mol. The summed E-state index contributed by atoms with van der Waals surface area (Å²) in [6, 6.07) is 16.4. The van der Waals surface area contributed by atoms with Crippen LogP contribution in [0.1, 0.15) is 29.2 Å². The SMILES string of the molecule is Cc1cccc(CCCNC(=O)[C@@H](c2ccccc2)N(C)S(C)(=O)=O)c1. The van der Waals surface area contributed by atoms with Crippen molar-refractivity contribution in [2.24, 2.45) is 0 Å². The topological polar surface area (TPSA) is 66.5 Å². The number of sulfonamides is 1. The fraction of sp³-hybridized carbons (Fsp3) is 0.350. The van der Waals surface area contributed by atoms with Gasteiger partial charge in [-0.05, 0) is 30.9 Å². The molecule has 140 valence electrons. The molecule has 0 fully saturated rings. The average Bonchev–Trinajstić information content (AvgIpc) is 2.59. The molecule has 0 aliphatic rings. The molecule has 0 saturated carbocycles. The van der Waals surface area contributed by atoms with Crippen LogP contribution in [0, 0.1) is 6.92 Å². The number of carbonyl (C=O) groups excluding carboxylic acids is 1. The number of likely N-dealkylation sites (N-methyl/N-ethyl adjacent to an activating group) is 1. The monoisotopic (exact) mass is 374 g/mol. The normalized spacial score (nSPS) is 12.8. The van der Waals surface area contributed by atoms with Gasteiger partial charge in [0.2, 0.25) is 15.9 Å². The van der Waals surface area contributed by atoms with Gasteiger partial charge < -0.3 is 5.32 Å². The van der Waals surface area contributed by atoms with Crippen LogP contribution in [-0.4, -0.2) is 38.5 Å². The number of nitrogens with one attached hydrogen (secondary N) is 1. The summed E-state index contributed by atoms with van der Waals surface area (Å²) in [6.07, 6.45) is 2.76. The third-order valence-corrected chi connectivity index (χ3v) is 5.53. The van der Waals surface area contributed by atoms with E-state index in [1.165, 1.54) is 18.2 Å². The number of benzene rings is 2. The van der Waals surface area contributed by atoms with E-state index in [2.05, 4.69) is 30.4 Å². The third kappa shape index (κ3) is 5.68. The Morgan fingerprint density at radius 3 is 2.42 bits per heavy atom. The zero-order valence-corrected chi connectivity index (χ0v) is 16.3. The van der Waals surface area contributed by atoms with Gasteiger partial charge in [0.25, 0.3) is 0 Å². The molecule has 2 aromatic rings. The second-order valence-electron chi connectivity index (χ2n) is 6.48. The standard InChI is InChI=1S/C20H26N2O3S/c1-16-9-7-10-17(15-16)11-8-14-21-20(23)19(22(2)26(3,24)25)18-12-5-4-6-13-18/h4-7,9-10,12-13,15,19H,8,11,14H2,1-3H3,(H,21,23)/t19-/m1/s1. The van der Waals surface area contributed by atoms with Gasteiger partial charge in [-0.15, -0.1) is 0 Å². The molecule has 0 bridgehead atoms. The number of aryl methyl sites for hydroxylation is 2. The van der Waals surface area contributed by atoms with Gasteiger partial charge in [0.1, 0.15) is 6.04 Å². The fourth-order valence-electron chi connectivity index (χ4n) is 2.82. The van der Waals surface area contributed by atoms with Crippen molar-refractivity contribution in [3.63, 3.8) is 0 Å². The summed E-state index contributed by atoms with van der Waals surface area (Å²) in [5.74, 6) is -0.312. The molecular weight excluding hydrogens is 348 g/mol. The first-order valence-corrected chi connectivity index (χ1v) is 10.4. The maximum Gasteiger partial charge on any atom is 0.242 e. The summed E-state index contributed by atoms with van der Waals surface area (Å²) in [7, 11) is -2.07. The molecule has 1 amide bonds. The summed E-state index contributed by atoms with van der Waals surface area (Å²) < 4.78 is 25.0. The Morgan fingerprint density at radius 2 is 1.81 bits per heavy atom. The molecule has 1 N–H and O–H groups in total. The van der Waals surface area contributed by atoms with Crippen LogP contribution in [0.3, 0.4) is 0 Å². The Labute approximate surface area is 156 Å². The number of nitrogens with zero attached hydrogens (tertiary/aromatic N) is 1. The maximum absolute atomic E-state index is 12.7. The lowest BCUT2D eigenvalue weighted by Gasteiger charge is -2.25. The molecular formula is C20H26N2O3S. The quantitative estimate of drug-likeness (QED) is 0.723. The highest BCUT2D eigenvalue weighted by Gasteiger charge is 2.30. The van der Waals surface area contributed by atoms with Gasteiger partial charge in [0.05, 0.1) is 6.26 Å². The van der Waals surface area contributed by atoms with Gasteiger partial charge in [0.15, 0.2) is 0 Å². The Morgan fingerprint density at radius 1 is 1.12 bits per heavy atom. The molecule has 0 aliphatic heterocycles. The van der Waals surface area contributed by atoms with Crippen LogP contribution in [0.15, 0.2) is 54.6 Å². The molecule has 5 nitrogen and oxygen atoms in total. The van der Waals surface area contributed by atoms with Crippen LogP contribution in [0.25, 0.3) is 0 Å². The first kappa shape index (κ1) is 20.1. The minimum absolute atomic E-state index is 0.312. The zero-order chi connectivity index (χ0) is 19.2. The maximum atomic E-state index is 12.7. The number of hydrogen-bond donors (Lipinski definition) is 1. The van der Waals surface area contributed by atoms with E-state index < -0.39 is 16.1 Å². The minimum atomic E-state index is -3.50. The Bertz CT molecular complexity index is 835. The van der Waals surface area contributed by atoms with Gasteiger partial charge in [-0.1, -0.05) is 60.2 Å². The highest BCUT2D eigenvalue weighted by atomic mass is 32.2. The summed E-state index contributed by atoms with van der Waals surface area (Å²) >= 11 is 0. The van der Waals surface area contributed by atoms with Crippen molar-refractivity contribution in [2.75, 3.05) is 19.8 Å². The number of carbonyl (C=O) groups is 1. The largest absolute Gasteiger partial charge is 0.354 e. The van der Waals surface area contributed by atoms with E-state index >= 15 is 0 Å².